The molecule has 23 heavy (non-hydrogen) atoms. The number of amides is 2. The van der Waals surface area contributed by atoms with Crippen molar-refractivity contribution in [3.8, 4) is 0 Å². The molecule has 1 fully saturated rings. The lowest BCUT2D eigenvalue weighted by molar-refractivity contribution is 0.00102. The number of hydrogen-bond donors (Lipinski definition) is 1. The van der Waals surface area contributed by atoms with Crippen LogP contribution in [-0.4, -0.2) is 30.1 Å². The number of hydrogen-bond acceptors (Lipinski definition) is 2. The number of anilines is 1. The van der Waals surface area contributed by atoms with Gasteiger partial charge in [0.15, 0.2) is 0 Å². The van der Waals surface area contributed by atoms with Gasteiger partial charge in [-0.1, -0.05) is 48.5 Å². The Morgan fingerprint density at radius 1 is 1.09 bits per heavy atom. The molecule has 1 N–H and O–H groups in total. The van der Waals surface area contributed by atoms with Crippen molar-refractivity contribution >= 4 is 11.7 Å². The number of nitrogens with zero attached hydrogens (tertiary/aromatic N) is 1. The third kappa shape index (κ3) is 4.57. The molecule has 0 unspecified atom stereocenters. The lowest BCUT2D eigenvalue weighted by Crippen LogP contribution is -2.45. The summed E-state index contributed by atoms with van der Waals surface area (Å²) in [5.41, 5.74) is 1.99. The summed E-state index contributed by atoms with van der Waals surface area (Å²) in [7, 11) is 0. The normalized spacial score (nSPS) is 17.7. The fourth-order valence-electron chi connectivity index (χ4n) is 2.77. The molecule has 1 heterocycles. The number of piperidine rings is 1. The van der Waals surface area contributed by atoms with Crippen molar-refractivity contribution in [2.75, 3.05) is 18.4 Å². The first-order chi connectivity index (χ1) is 11.3. The summed E-state index contributed by atoms with van der Waals surface area (Å²) in [4.78, 5) is 14.2. The molecule has 2 aromatic rings. The summed E-state index contributed by atoms with van der Waals surface area (Å²) in [6.45, 7) is 2.02. The molecule has 0 spiro atoms. The predicted molar refractivity (Wildman–Crippen MR) is 91.3 cm³/mol. The van der Waals surface area contributed by atoms with Crippen LogP contribution in [0.3, 0.4) is 0 Å². The molecule has 0 aromatic heterocycles. The molecule has 1 saturated heterocycles. The second kappa shape index (κ2) is 7.79. The molecule has 3 rings (SSSR count). The molecule has 1 aliphatic heterocycles. The largest absolute Gasteiger partial charge is 0.372 e. The van der Waals surface area contributed by atoms with Crippen LogP contribution in [0.15, 0.2) is 60.7 Å². The number of para-hydroxylation sites is 1. The van der Waals surface area contributed by atoms with E-state index in [-0.39, 0.29) is 12.1 Å². The third-order valence-electron chi connectivity index (χ3n) is 4.02. The van der Waals surface area contributed by atoms with Crippen LogP contribution < -0.4 is 5.32 Å². The summed E-state index contributed by atoms with van der Waals surface area (Å²) in [5, 5.41) is 2.94. The monoisotopic (exact) mass is 310 g/mol. The SMILES string of the molecule is O=C(Nc1ccccc1)N1CCC[C@H](OCc2ccccc2)C1. The topological polar surface area (TPSA) is 41.6 Å². The van der Waals surface area contributed by atoms with Gasteiger partial charge in [-0.3, -0.25) is 0 Å². The lowest BCUT2D eigenvalue weighted by atomic mass is 10.1. The van der Waals surface area contributed by atoms with E-state index in [1.54, 1.807) is 0 Å². The number of carbonyl (C=O) groups is 1. The highest BCUT2D eigenvalue weighted by molar-refractivity contribution is 5.89. The summed E-state index contributed by atoms with van der Waals surface area (Å²) in [6.07, 6.45) is 2.08. The van der Waals surface area contributed by atoms with Crippen molar-refractivity contribution in [3.05, 3.63) is 66.2 Å². The molecular weight excluding hydrogens is 288 g/mol. The maximum Gasteiger partial charge on any atom is 0.321 e. The van der Waals surface area contributed by atoms with Crippen LogP contribution in [0.25, 0.3) is 0 Å². The number of rotatable bonds is 4. The average Bonchev–Trinajstić information content (AvgIpc) is 2.62. The van der Waals surface area contributed by atoms with Gasteiger partial charge in [0.1, 0.15) is 0 Å². The molecule has 0 aliphatic carbocycles. The lowest BCUT2D eigenvalue weighted by Gasteiger charge is -2.32. The highest BCUT2D eigenvalue weighted by Gasteiger charge is 2.24. The minimum Gasteiger partial charge on any atom is -0.372 e. The van der Waals surface area contributed by atoms with Crippen molar-refractivity contribution in [3.63, 3.8) is 0 Å². The molecule has 4 heteroatoms. The molecule has 4 nitrogen and oxygen atoms in total. The number of urea groups is 1. The molecule has 2 aromatic carbocycles. The van der Waals surface area contributed by atoms with Gasteiger partial charge < -0.3 is 15.0 Å². The highest BCUT2D eigenvalue weighted by atomic mass is 16.5. The second-order valence-electron chi connectivity index (χ2n) is 5.80. The van der Waals surface area contributed by atoms with E-state index < -0.39 is 0 Å². The van der Waals surface area contributed by atoms with Gasteiger partial charge >= 0.3 is 6.03 Å². The fraction of sp³-hybridized carbons (Fsp3) is 0.316. The first-order valence-electron chi connectivity index (χ1n) is 8.08. The van der Waals surface area contributed by atoms with Crippen LogP contribution in [0.5, 0.6) is 0 Å². The van der Waals surface area contributed by atoms with Crippen molar-refractivity contribution in [2.24, 2.45) is 0 Å². The van der Waals surface area contributed by atoms with E-state index >= 15 is 0 Å². The summed E-state index contributed by atoms with van der Waals surface area (Å²) in [6, 6.07) is 19.6. The Labute approximate surface area is 137 Å². The van der Waals surface area contributed by atoms with E-state index in [1.807, 2.05) is 53.4 Å². The number of carbonyl (C=O) groups excluding carboxylic acids is 1. The zero-order chi connectivity index (χ0) is 15.9. The Balaban J connectivity index is 1.50. The Morgan fingerprint density at radius 2 is 1.78 bits per heavy atom. The van der Waals surface area contributed by atoms with E-state index in [1.165, 1.54) is 5.56 Å². The molecule has 2 amide bonds. The van der Waals surface area contributed by atoms with Crippen LogP contribution in [-0.2, 0) is 11.3 Å². The fourth-order valence-corrected chi connectivity index (χ4v) is 2.77. The first kappa shape index (κ1) is 15.6. The van der Waals surface area contributed by atoms with Gasteiger partial charge in [0.2, 0.25) is 0 Å². The van der Waals surface area contributed by atoms with E-state index in [0.29, 0.717) is 13.2 Å². The number of nitrogens with one attached hydrogen (secondary N) is 1. The third-order valence-corrected chi connectivity index (χ3v) is 4.02. The van der Waals surface area contributed by atoms with Crippen LogP contribution in [0.2, 0.25) is 0 Å². The molecule has 1 aliphatic rings. The first-order valence-corrected chi connectivity index (χ1v) is 8.08. The zero-order valence-corrected chi connectivity index (χ0v) is 13.2. The van der Waals surface area contributed by atoms with E-state index in [0.717, 1.165) is 25.1 Å². The summed E-state index contributed by atoms with van der Waals surface area (Å²) >= 11 is 0. The quantitative estimate of drug-likeness (QED) is 0.930. The molecule has 0 bridgehead atoms. The van der Waals surface area contributed by atoms with E-state index in [4.69, 9.17) is 4.74 Å². The van der Waals surface area contributed by atoms with E-state index in [9.17, 15) is 4.79 Å². The van der Waals surface area contributed by atoms with Crippen LogP contribution in [0.4, 0.5) is 10.5 Å². The molecule has 120 valence electrons. The maximum atomic E-state index is 12.3. The van der Waals surface area contributed by atoms with Gasteiger partial charge in [-0.25, -0.2) is 4.79 Å². The van der Waals surface area contributed by atoms with Gasteiger partial charge in [-0.2, -0.15) is 0 Å². The van der Waals surface area contributed by atoms with Gasteiger partial charge in [-0.15, -0.1) is 0 Å². The van der Waals surface area contributed by atoms with Gasteiger partial charge in [0, 0.05) is 18.8 Å². The Morgan fingerprint density at radius 3 is 2.52 bits per heavy atom. The smallest absolute Gasteiger partial charge is 0.321 e. The number of benzene rings is 2. The molecule has 0 radical (unpaired) electrons. The number of likely N-dealkylation sites (tertiary alicyclic amines) is 1. The summed E-state index contributed by atoms with van der Waals surface area (Å²) in [5.74, 6) is 0. The predicted octanol–water partition coefficient (Wildman–Crippen LogP) is 3.90. The van der Waals surface area contributed by atoms with E-state index in [2.05, 4.69) is 17.4 Å². The Hall–Kier alpha value is -2.33. The Bertz CT molecular complexity index is 616. The Kier molecular flexibility index (Phi) is 5.27. The second-order valence-corrected chi connectivity index (χ2v) is 5.80. The minimum atomic E-state index is -0.0517. The van der Waals surface area contributed by atoms with Crippen molar-refractivity contribution < 1.29 is 9.53 Å². The van der Waals surface area contributed by atoms with Crippen molar-refractivity contribution in [1.29, 1.82) is 0 Å². The van der Waals surface area contributed by atoms with Crippen LogP contribution in [0, 0.1) is 0 Å². The minimum absolute atomic E-state index is 0.0517. The van der Waals surface area contributed by atoms with Gasteiger partial charge in [0.25, 0.3) is 0 Å². The molecule has 1 atom stereocenters. The van der Waals surface area contributed by atoms with Gasteiger partial charge in [0.05, 0.1) is 12.7 Å². The molecule has 0 saturated carbocycles. The summed E-state index contributed by atoms with van der Waals surface area (Å²) < 4.78 is 5.98. The average molecular weight is 310 g/mol. The standard InChI is InChI=1S/C19H22N2O2/c22-19(20-17-10-5-2-6-11-17)21-13-7-12-18(14-21)23-15-16-8-3-1-4-9-16/h1-6,8-11,18H,7,12-15H2,(H,20,22)/t18-/m0/s1. The zero-order valence-electron chi connectivity index (χ0n) is 13.2. The van der Waals surface area contributed by atoms with Crippen molar-refractivity contribution in [2.45, 2.75) is 25.6 Å². The van der Waals surface area contributed by atoms with Crippen LogP contribution in [0.1, 0.15) is 18.4 Å². The number of ether oxygens (including phenoxy) is 1. The van der Waals surface area contributed by atoms with Crippen LogP contribution >= 0.6 is 0 Å². The maximum absolute atomic E-state index is 12.3. The van der Waals surface area contributed by atoms with Crippen molar-refractivity contribution in [1.82, 2.24) is 4.90 Å². The van der Waals surface area contributed by atoms with Gasteiger partial charge in [-0.05, 0) is 30.5 Å². The molecular formula is C19H22N2O2. The highest BCUT2D eigenvalue weighted by Crippen LogP contribution is 2.16.